The van der Waals surface area contributed by atoms with Crippen LogP contribution in [0.4, 0.5) is 0 Å². The molecule has 0 radical (unpaired) electrons. The number of benzene rings is 2. The number of aromatic nitrogens is 4. The number of ether oxygens (including phenoxy) is 1. The van der Waals surface area contributed by atoms with Crippen LogP contribution in [-0.2, 0) is 14.3 Å². The van der Waals surface area contributed by atoms with Gasteiger partial charge in [0.25, 0.3) is 0 Å². The van der Waals surface area contributed by atoms with Gasteiger partial charge in [0, 0.05) is 23.5 Å². The molecule has 1 fully saturated rings. The average molecular weight is 495 g/mol. The Balaban J connectivity index is 1.47. The maximum Gasteiger partial charge on any atom is 0.356 e. The molecule has 2 atom stereocenters. The van der Waals surface area contributed by atoms with Crippen LogP contribution >= 0.6 is 23.7 Å². The van der Waals surface area contributed by atoms with Gasteiger partial charge in [0.1, 0.15) is 17.1 Å². The summed E-state index contributed by atoms with van der Waals surface area (Å²) in [5.41, 5.74) is 8.73. The van der Waals surface area contributed by atoms with Crippen molar-refractivity contribution in [2.45, 2.75) is 24.4 Å². The average Bonchev–Trinajstić information content (AvgIpc) is 3.30. The zero-order valence-corrected chi connectivity index (χ0v) is 19.9. The van der Waals surface area contributed by atoms with Crippen molar-refractivity contribution < 1.29 is 14.3 Å². The first kappa shape index (κ1) is 22.6. The largest absolute Gasteiger partial charge is 0.448 e. The number of rotatable bonds is 7. The lowest BCUT2D eigenvalue weighted by atomic mass is 10.0. The molecule has 0 bridgehead atoms. The summed E-state index contributed by atoms with van der Waals surface area (Å²) in [4.78, 5) is 27.8. The summed E-state index contributed by atoms with van der Waals surface area (Å²) < 4.78 is 7.49. The Hall–Kier alpha value is -3.15. The van der Waals surface area contributed by atoms with Gasteiger partial charge in [-0.2, -0.15) is 0 Å². The number of fused-ring (bicyclic) bond motifs is 1. The molecular weight excluding hydrogens is 472 g/mol. The molecule has 3 aromatic rings. The number of tetrazole rings is 1. The predicted molar refractivity (Wildman–Crippen MR) is 129 cm³/mol. The van der Waals surface area contributed by atoms with E-state index in [4.69, 9.17) is 10.5 Å². The molecule has 1 aromatic heterocycles. The van der Waals surface area contributed by atoms with Crippen molar-refractivity contribution in [2.75, 3.05) is 11.5 Å². The number of thioether (sulfide) groups is 1. The fourth-order valence-corrected chi connectivity index (χ4v) is 6.08. The molecule has 3 heterocycles. The molecule has 9 nitrogen and oxygen atoms in total. The minimum Gasteiger partial charge on any atom is -0.448 e. The van der Waals surface area contributed by atoms with Crippen LogP contribution < -0.4 is 5.73 Å². The van der Waals surface area contributed by atoms with E-state index in [-0.39, 0.29) is 17.0 Å². The number of nitrogens with zero attached hydrogens (tertiary/aromatic N) is 5. The first-order valence-corrected chi connectivity index (χ1v) is 12.6. The van der Waals surface area contributed by atoms with E-state index in [0.29, 0.717) is 17.3 Å². The van der Waals surface area contributed by atoms with Crippen LogP contribution in [0.15, 0.2) is 71.9 Å². The highest BCUT2D eigenvalue weighted by Crippen LogP contribution is 2.41. The maximum atomic E-state index is 13.6. The molecular formula is C23H22N6O3S2. The van der Waals surface area contributed by atoms with E-state index in [0.717, 1.165) is 16.7 Å². The van der Waals surface area contributed by atoms with E-state index >= 15 is 0 Å². The van der Waals surface area contributed by atoms with Crippen molar-refractivity contribution >= 4 is 35.6 Å². The second-order valence-corrected chi connectivity index (χ2v) is 9.84. The minimum absolute atomic E-state index is 0.261. The molecule has 0 spiro atoms. The third kappa shape index (κ3) is 4.33. The number of hydrogen-bond donors (Lipinski definition) is 1. The van der Waals surface area contributed by atoms with Crippen molar-refractivity contribution in [3.63, 3.8) is 0 Å². The standard InChI is InChI=1S/C23H22N6O3S2/c1-14-25-27-29(26-14)34-13-17-12-33-22-18(24)21(30)28(22)19(17)23(31)32-20(15-8-4-2-5-9-15)16-10-6-3-7-11-16/h2-11,18,20,22H,12-13,24H2,1H3/t18?,22-/m0/s1. The smallest absolute Gasteiger partial charge is 0.356 e. The van der Waals surface area contributed by atoms with Gasteiger partial charge in [0.15, 0.2) is 11.9 Å². The van der Waals surface area contributed by atoms with Gasteiger partial charge in [-0.15, -0.1) is 26.2 Å². The highest BCUT2D eigenvalue weighted by Gasteiger charge is 2.52. The Morgan fingerprint density at radius 3 is 2.41 bits per heavy atom. The van der Waals surface area contributed by atoms with Crippen molar-refractivity contribution in [2.24, 2.45) is 5.73 Å². The summed E-state index contributed by atoms with van der Waals surface area (Å²) in [6, 6.07) is 18.5. The predicted octanol–water partition coefficient (Wildman–Crippen LogP) is 2.31. The van der Waals surface area contributed by atoms with E-state index in [1.54, 1.807) is 18.7 Å². The van der Waals surface area contributed by atoms with E-state index < -0.39 is 18.1 Å². The number of carbonyl (C=O) groups excluding carboxylic acids is 2. The Bertz CT molecular complexity index is 1190. The Labute approximate surface area is 204 Å². The minimum atomic E-state index is -0.624. The van der Waals surface area contributed by atoms with Crippen molar-refractivity contribution in [3.05, 3.63) is 88.9 Å². The highest BCUT2D eigenvalue weighted by atomic mass is 32.2. The molecule has 2 aromatic carbocycles. The fourth-order valence-electron chi connectivity index (χ4n) is 3.88. The molecule has 1 amide bonds. The van der Waals surface area contributed by atoms with Gasteiger partial charge in [-0.05, 0) is 28.8 Å². The molecule has 0 saturated carbocycles. The van der Waals surface area contributed by atoms with E-state index in [1.165, 1.54) is 21.0 Å². The first-order valence-electron chi connectivity index (χ1n) is 10.7. The SMILES string of the molecule is Cc1nnn(SCC2=C(C(=O)OC(c3ccccc3)c3ccccc3)N3C(=O)C(N)[C@@H]3SC2)n1. The van der Waals surface area contributed by atoms with Crippen LogP contribution in [0.1, 0.15) is 23.1 Å². The van der Waals surface area contributed by atoms with Crippen LogP contribution in [-0.4, -0.2) is 59.3 Å². The molecule has 11 heteroatoms. The zero-order valence-electron chi connectivity index (χ0n) is 18.3. The fraction of sp³-hybridized carbons (Fsp3) is 0.261. The summed E-state index contributed by atoms with van der Waals surface area (Å²) in [5, 5.41) is 11.7. The number of amides is 1. The number of hydrogen-bond acceptors (Lipinski definition) is 9. The number of nitrogens with two attached hydrogens (primary N) is 1. The van der Waals surface area contributed by atoms with E-state index in [2.05, 4.69) is 15.4 Å². The second kappa shape index (κ2) is 9.61. The Morgan fingerprint density at radius 2 is 1.82 bits per heavy atom. The van der Waals surface area contributed by atoms with Crippen molar-refractivity contribution in [3.8, 4) is 0 Å². The summed E-state index contributed by atoms with van der Waals surface area (Å²) in [7, 11) is 0. The molecule has 1 unspecified atom stereocenters. The van der Waals surface area contributed by atoms with Crippen molar-refractivity contribution in [1.82, 2.24) is 24.5 Å². The monoisotopic (exact) mass is 494 g/mol. The normalized spacial score (nSPS) is 19.7. The maximum absolute atomic E-state index is 13.6. The van der Waals surface area contributed by atoms with Crippen LogP contribution in [0.2, 0.25) is 0 Å². The lowest BCUT2D eigenvalue weighted by Crippen LogP contribution is -2.68. The summed E-state index contributed by atoms with van der Waals surface area (Å²) >= 11 is 2.84. The number of β-lactam (4-membered cyclic amide) rings is 1. The van der Waals surface area contributed by atoms with Gasteiger partial charge in [-0.1, -0.05) is 60.7 Å². The third-order valence-corrected chi connectivity index (χ3v) is 7.79. The second-order valence-electron chi connectivity index (χ2n) is 7.86. The van der Waals surface area contributed by atoms with Crippen LogP contribution in [0.25, 0.3) is 0 Å². The first-order chi connectivity index (χ1) is 16.5. The topological polar surface area (TPSA) is 116 Å². The van der Waals surface area contributed by atoms with Crippen molar-refractivity contribution in [1.29, 1.82) is 0 Å². The lowest BCUT2D eigenvalue weighted by Gasteiger charge is -2.48. The van der Waals surface area contributed by atoms with Gasteiger partial charge in [0.05, 0.1) is 0 Å². The lowest BCUT2D eigenvalue weighted by molar-refractivity contribution is -0.153. The number of aryl methyl sites for hydroxylation is 1. The molecule has 2 aliphatic rings. The summed E-state index contributed by atoms with van der Waals surface area (Å²) in [5.74, 6) is 0.671. The molecule has 1 saturated heterocycles. The van der Waals surface area contributed by atoms with Crippen LogP contribution in [0.3, 0.4) is 0 Å². The Morgan fingerprint density at radius 1 is 1.18 bits per heavy atom. The summed E-state index contributed by atoms with van der Waals surface area (Å²) in [6.07, 6.45) is -0.617. The molecule has 0 aliphatic carbocycles. The third-order valence-electron chi connectivity index (χ3n) is 5.56. The molecule has 2 N–H and O–H groups in total. The highest BCUT2D eigenvalue weighted by molar-refractivity contribution is 8.00. The Kier molecular flexibility index (Phi) is 6.40. The van der Waals surface area contributed by atoms with Crippen LogP contribution in [0.5, 0.6) is 0 Å². The van der Waals surface area contributed by atoms with Gasteiger partial charge in [-0.3, -0.25) is 9.69 Å². The summed E-state index contributed by atoms with van der Waals surface area (Å²) in [6.45, 7) is 1.75. The molecule has 2 aliphatic heterocycles. The molecule has 5 rings (SSSR count). The number of carbonyl (C=O) groups is 2. The van der Waals surface area contributed by atoms with E-state index in [1.807, 2.05) is 60.7 Å². The van der Waals surface area contributed by atoms with Gasteiger partial charge in [0.2, 0.25) is 5.91 Å². The number of esters is 1. The van der Waals surface area contributed by atoms with Gasteiger partial charge >= 0.3 is 5.97 Å². The van der Waals surface area contributed by atoms with Gasteiger partial charge in [-0.25, -0.2) is 4.79 Å². The van der Waals surface area contributed by atoms with Crippen LogP contribution in [0, 0.1) is 6.92 Å². The zero-order chi connectivity index (χ0) is 23.7. The molecule has 34 heavy (non-hydrogen) atoms. The quantitative estimate of drug-likeness (QED) is 0.390. The van der Waals surface area contributed by atoms with E-state index in [9.17, 15) is 9.59 Å². The molecule has 174 valence electrons. The van der Waals surface area contributed by atoms with Gasteiger partial charge < -0.3 is 10.5 Å².